The summed E-state index contributed by atoms with van der Waals surface area (Å²) in [6.45, 7) is 11.2. The highest BCUT2D eigenvalue weighted by Gasteiger charge is 2.31. The van der Waals surface area contributed by atoms with Gasteiger partial charge in [-0.25, -0.2) is 0 Å². The topological polar surface area (TPSA) is 0 Å². The summed E-state index contributed by atoms with van der Waals surface area (Å²) in [5, 5.41) is 1.45. The van der Waals surface area contributed by atoms with Gasteiger partial charge in [-0.3, -0.25) is 0 Å². The molecule has 0 amide bonds. The van der Waals surface area contributed by atoms with Gasteiger partial charge in [0.2, 0.25) is 0 Å². The minimum absolute atomic E-state index is 0.276. The van der Waals surface area contributed by atoms with E-state index in [4.69, 9.17) is 11.1 Å². The predicted molar refractivity (Wildman–Crippen MR) is 63.6 cm³/mol. The van der Waals surface area contributed by atoms with Crippen molar-refractivity contribution in [1.82, 2.24) is 0 Å². The summed E-state index contributed by atoms with van der Waals surface area (Å²) >= 11 is 6.47. The molecule has 0 radical (unpaired) electrons. The second-order valence-electron chi connectivity index (χ2n) is 5.22. The second-order valence-corrected chi connectivity index (χ2v) is 11.5. The zero-order valence-electron chi connectivity index (χ0n) is 9.24. The Hall–Kier alpha value is -0.0131. The van der Waals surface area contributed by atoms with Gasteiger partial charge in [0.15, 0.2) is 7.38 Å². The predicted octanol–water partition coefficient (Wildman–Crippen LogP) is 4.27. The van der Waals surface area contributed by atoms with Gasteiger partial charge in [-0.15, -0.1) is 0 Å². The van der Waals surface area contributed by atoms with Gasteiger partial charge in [-0.1, -0.05) is 51.6 Å². The maximum absolute atomic E-state index is 6.47. The van der Waals surface area contributed by atoms with E-state index in [1.165, 1.54) is 5.20 Å². The van der Waals surface area contributed by atoms with Crippen molar-refractivity contribution in [2.45, 2.75) is 40.3 Å². The van der Waals surface area contributed by atoms with E-state index >= 15 is 0 Å². The van der Waals surface area contributed by atoms with Crippen LogP contribution in [-0.2, 0) is 0 Å². The monoisotopic (exact) mass is 214 g/mol. The lowest BCUT2D eigenvalue weighted by molar-refractivity contribution is 0.495. The molecule has 0 bridgehead atoms. The highest BCUT2D eigenvalue weighted by atomic mass is 35.6. The van der Waals surface area contributed by atoms with Crippen LogP contribution in [0.5, 0.6) is 0 Å². The molecule has 1 aliphatic rings. The summed E-state index contributed by atoms with van der Waals surface area (Å²) in [5.74, 6) is 0. The fourth-order valence-corrected chi connectivity index (χ4v) is 4.01. The quantitative estimate of drug-likeness (QED) is 0.452. The van der Waals surface area contributed by atoms with Crippen LogP contribution in [0, 0.1) is 5.41 Å². The Kier molecular flexibility index (Phi) is 2.80. The number of hydrogen-bond acceptors (Lipinski definition) is 0. The maximum Gasteiger partial charge on any atom is 0.180 e. The van der Waals surface area contributed by atoms with Crippen molar-refractivity contribution in [3.63, 3.8) is 0 Å². The second kappa shape index (κ2) is 3.29. The molecule has 0 nitrogen and oxygen atoms in total. The SMILES string of the molecule is CC(C)(C)C1=C([Si](C)(C)Cl)C=CC1. The van der Waals surface area contributed by atoms with Crippen LogP contribution in [0.15, 0.2) is 22.9 Å². The first-order valence-corrected chi connectivity index (χ1v) is 8.83. The number of hydrogen-bond donors (Lipinski definition) is 0. The van der Waals surface area contributed by atoms with Crippen LogP contribution < -0.4 is 0 Å². The first kappa shape index (κ1) is 11.1. The normalized spacial score (nSPS) is 18.6. The highest BCUT2D eigenvalue weighted by molar-refractivity contribution is 7.23. The molecule has 0 fully saturated rings. The molecule has 0 saturated carbocycles. The third-order valence-electron chi connectivity index (χ3n) is 2.48. The third-order valence-corrected chi connectivity index (χ3v) is 4.84. The van der Waals surface area contributed by atoms with E-state index < -0.39 is 7.38 Å². The van der Waals surface area contributed by atoms with Gasteiger partial charge in [0.1, 0.15) is 0 Å². The third kappa shape index (κ3) is 2.47. The lowest BCUT2D eigenvalue weighted by Gasteiger charge is -2.26. The molecule has 74 valence electrons. The van der Waals surface area contributed by atoms with Crippen LogP contribution in [0.3, 0.4) is 0 Å². The standard InChI is InChI=1S/C11H19ClSi/c1-11(2,3)9-7-6-8-10(9)13(4,5)12/h6,8H,7H2,1-5H3. The molecule has 0 unspecified atom stereocenters. The average Bonchev–Trinajstić information content (AvgIpc) is 2.27. The molecule has 0 atom stereocenters. The van der Waals surface area contributed by atoms with Crippen LogP contribution in [0.25, 0.3) is 0 Å². The summed E-state index contributed by atoms with van der Waals surface area (Å²) in [5.41, 5.74) is 1.82. The average molecular weight is 215 g/mol. The Morgan fingerprint density at radius 3 is 2.15 bits per heavy atom. The van der Waals surface area contributed by atoms with E-state index in [9.17, 15) is 0 Å². The molecule has 0 saturated heterocycles. The Balaban J connectivity index is 3.10. The molecule has 0 heterocycles. The van der Waals surface area contributed by atoms with Crippen molar-refractivity contribution >= 4 is 18.5 Å². The zero-order valence-corrected chi connectivity index (χ0v) is 11.0. The summed E-state index contributed by atoms with van der Waals surface area (Å²) in [6, 6.07) is 0. The van der Waals surface area contributed by atoms with E-state index in [-0.39, 0.29) is 5.41 Å². The van der Waals surface area contributed by atoms with Crippen molar-refractivity contribution in [2.75, 3.05) is 0 Å². The Morgan fingerprint density at radius 1 is 1.31 bits per heavy atom. The van der Waals surface area contributed by atoms with Crippen LogP contribution in [0.2, 0.25) is 13.1 Å². The molecule has 0 spiro atoms. The van der Waals surface area contributed by atoms with Crippen molar-refractivity contribution in [2.24, 2.45) is 5.41 Å². The van der Waals surface area contributed by atoms with Crippen molar-refractivity contribution in [3.8, 4) is 0 Å². The first-order valence-electron chi connectivity index (χ1n) is 4.82. The molecular weight excluding hydrogens is 196 g/mol. The fraction of sp³-hybridized carbons (Fsp3) is 0.636. The van der Waals surface area contributed by atoms with Crippen LogP contribution in [0.1, 0.15) is 27.2 Å². The van der Waals surface area contributed by atoms with Gasteiger partial charge in [0.05, 0.1) is 0 Å². The van der Waals surface area contributed by atoms with E-state index in [1.54, 1.807) is 5.57 Å². The minimum Gasteiger partial charge on any atom is -0.162 e. The van der Waals surface area contributed by atoms with Gasteiger partial charge in [-0.05, 0) is 17.0 Å². The molecule has 1 rings (SSSR count). The number of rotatable bonds is 1. The molecular formula is C11H19ClSi. The fourth-order valence-electron chi connectivity index (χ4n) is 1.77. The van der Waals surface area contributed by atoms with Crippen molar-refractivity contribution in [1.29, 1.82) is 0 Å². The van der Waals surface area contributed by atoms with Crippen molar-refractivity contribution < 1.29 is 0 Å². The molecule has 0 aromatic carbocycles. The molecule has 2 heteroatoms. The highest BCUT2D eigenvalue weighted by Crippen LogP contribution is 2.39. The van der Waals surface area contributed by atoms with E-state index in [0.717, 1.165) is 6.42 Å². The number of halogens is 1. The zero-order chi connectivity index (χ0) is 10.3. The Labute approximate surface area is 87.4 Å². The number of allylic oxidation sites excluding steroid dienone is 4. The lowest BCUT2D eigenvalue weighted by Crippen LogP contribution is -2.23. The van der Waals surface area contributed by atoms with Gasteiger partial charge in [0, 0.05) is 0 Å². The summed E-state index contributed by atoms with van der Waals surface area (Å²) < 4.78 is 0. The van der Waals surface area contributed by atoms with Gasteiger partial charge in [-0.2, -0.15) is 11.1 Å². The Morgan fingerprint density at radius 2 is 1.85 bits per heavy atom. The molecule has 0 aromatic rings. The summed E-state index contributed by atoms with van der Waals surface area (Å²) in [6.07, 6.45) is 5.58. The van der Waals surface area contributed by atoms with Gasteiger partial charge < -0.3 is 0 Å². The molecule has 0 N–H and O–H groups in total. The lowest BCUT2D eigenvalue weighted by atomic mass is 9.86. The maximum atomic E-state index is 6.47. The van der Waals surface area contributed by atoms with Crippen LogP contribution in [-0.4, -0.2) is 7.38 Å². The van der Waals surface area contributed by atoms with Crippen LogP contribution >= 0.6 is 11.1 Å². The van der Waals surface area contributed by atoms with Crippen molar-refractivity contribution in [3.05, 3.63) is 22.9 Å². The molecule has 0 aliphatic heterocycles. The first-order chi connectivity index (χ1) is 5.73. The van der Waals surface area contributed by atoms with Gasteiger partial charge >= 0.3 is 0 Å². The smallest absolute Gasteiger partial charge is 0.162 e. The van der Waals surface area contributed by atoms with E-state index in [1.807, 2.05) is 0 Å². The molecule has 1 aliphatic carbocycles. The van der Waals surface area contributed by atoms with Gasteiger partial charge in [0.25, 0.3) is 0 Å². The molecule has 0 aromatic heterocycles. The summed E-state index contributed by atoms with van der Waals surface area (Å²) in [4.78, 5) is 0. The van der Waals surface area contributed by atoms with E-state index in [2.05, 4.69) is 46.0 Å². The minimum atomic E-state index is -1.63. The summed E-state index contributed by atoms with van der Waals surface area (Å²) in [7, 11) is -1.63. The molecule has 13 heavy (non-hydrogen) atoms. The van der Waals surface area contributed by atoms with Crippen LogP contribution in [0.4, 0.5) is 0 Å². The Bertz CT molecular complexity index is 261. The largest absolute Gasteiger partial charge is 0.180 e. The van der Waals surface area contributed by atoms with E-state index in [0.29, 0.717) is 0 Å².